The number of methoxy groups -OCH3 is 1. The highest BCUT2D eigenvalue weighted by atomic mass is 127. The summed E-state index contributed by atoms with van der Waals surface area (Å²) in [7, 11) is 7.11. The zero-order valence-corrected chi connectivity index (χ0v) is 18.2. The molecular weight excluding hydrogens is 431 g/mol. The Hall–Kier alpha value is -1.51. The standard InChI is InChI=1S/C18H30N4O2.HI/c1-6-7-12-19-18(20-13-17(23)21(2)3)22(4)14-15-10-8-9-11-16(15)24-5;/h8-11H,6-7,12-14H2,1-5H3,(H,19,20);1H. The van der Waals surface area contributed by atoms with E-state index < -0.39 is 0 Å². The van der Waals surface area contributed by atoms with Gasteiger partial charge in [-0.1, -0.05) is 31.5 Å². The van der Waals surface area contributed by atoms with Crippen LogP contribution in [-0.4, -0.2) is 63.0 Å². The molecule has 7 heteroatoms. The second kappa shape index (κ2) is 12.8. The van der Waals surface area contributed by atoms with Gasteiger partial charge in [-0.25, -0.2) is 4.99 Å². The van der Waals surface area contributed by atoms with Gasteiger partial charge >= 0.3 is 0 Å². The molecule has 1 aromatic rings. The Bertz CT molecular complexity index is 550. The van der Waals surface area contributed by atoms with Gasteiger partial charge in [-0.3, -0.25) is 4.79 Å². The van der Waals surface area contributed by atoms with Crippen molar-refractivity contribution in [2.24, 2.45) is 4.99 Å². The Morgan fingerprint density at radius 2 is 1.92 bits per heavy atom. The number of guanidine groups is 1. The topological polar surface area (TPSA) is 57.2 Å². The van der Waals surface area contributed by atoms with Crippen LogP contribution in [0.15, 0.2) is 29.3 Å². The van der Waals surface area contributed by atoms with Gasteiger partial charge < -0.3 is 19.9 Å². The average Bonchev–Trinajstić information content (AvgIpc) is 2.57. The zero-order valence-electron chi connectivity index (χ0n) is 15.9. The number of hydrogen-bond acceptors (Lipinski definition) is 3. The molecule has 0 saturated carbocycles. The molecule has 1 rings (SSSR count). The highest BCUT2D eigenvalue weighted by Gasteiger charge is 2.11. The molecular formula is C18H31IN4O2. The highest BCUT2D eigenvalue weighted by molar-refractivity contribution is 14.0. The monoisotopic (exact) mass is 462 g/mol. The molecule has 0 aliphatic heterocycles. The Morgan fingerprint density at radius 1 is 1.24 bits per heavy atom. The Kier molecular flexibility index (Phi) is 12.0. The quantitative estimate of drug-likeness (QED) is 0.279. The van der Waals surface area contributed by atoms with E-state index in [0.29, 0.717) is 6.54 Å². The van der Waals surface area contributed by atoms with Crippen molar-refractivity contribution in [3.05, 3.63) is 29.8 Å². The number of halogens is 1. The van der Waals surface area contributed by atoms with E-state index in [0.717, 1.165) is 36.7 Å². The number of nitrogens with one attached hydrogen (secondary N) is 1. The van der Waals surface area contributed by atoms with E-state index in [1.807, 2.05) is 36.2 Å². The van der Waals surface area contributed by atoms with E-state index in [1.54, 1.807) is 26.1 Å². The fourth-order valence-electron chi connectivity index (χ4n) is 2.14. The molecule has 1 amide bonds. The fourth-order valence-corrected chi connectivity index (χ4v) is 2.14. The maximum absolute atomic E-state index is 11.8. The molecule has 1 N–H and O–H groups in total. The van der Waals surface area contributed by atoms with Crippen LogP contribution in [0.4, 0.5) is 0 Å². The number of ether oxygens (including phenoxy) is 1. The van der Waals surface area contributed by atoms with Gasteiger partial charge in [-0.2, -0.15) is 0 Å². The second-order valence-corrected chi connectivity index (χ2v) is 5.88. The first-order chi connectivity index (χ1) is 11.5. The van der Waals surface area contributed by atoms with Crippen molar-refractivity contribution in [3.63, 3.8) is 0 Å². The van der Waals surface area contributed by atoms with Gasteiger partial charge in [0, 0.05) is 39.8 Å². The third kappa shape index (κ3) is 8.42. The molecule has 0 aliphatic carbocycles. The predicted molar refractivity (Wildman–Crippen MR) is 114 cm³/mol. The summed E-state index contributed by atoms with van der Waals surface area (Å²) in [5.74, 6) is 1.56. The van der Waals surface area contributed by atoms with Gasteiger partial charge in [0.15, 0.2) is 5.96 Å². The molecule has 6 nitrogen and oxygen atoms in total. The molecule has 0 saturated heterocycles. The molecule has 0 unspecified atom stereocenters. The van der Waals surface area contributed by atoms with Gasteiger partial charge in [-0.05, 0) is 12.5 Å². The number of carbonyl (C=O) groups is 1. The lowest BCUT2D eigenvalue weighted by atomic mass is 10.2. The number of unbranched alkanes of at least 4 members (excludes halogenated alkanes) is 1. The van der Waals surface area contributed by atoms with Gasteiger partial charge in [0.2, 0.25) is 5.91 Å². The van der Waals surface area contributed by atoms with Crippen molar-refractivity contribution in [1.82, 2.24) is 15.1 Å². The van der Waals surface area contributed by atoms with Crippen molar-refractivity contribution in [3.8, 4) is 5.75 Å². The molecule has 0 aliphatic rings. The van der Waals surface area contributed by atoms with E-state index in [9.17, 15) is 4.79 Å². The Morgan fingerprint density at radius 3 is 2.52 bits per heavy atom. The van der Waals surface area contributed by atoms with E-state index >= 15 is 0 Å². The first-order valence-corrected chi connectivity index (χ1v) is 8.31. The van der Waals surface area contributed by atoms with Crippen LogP contribution >= 0.6 is 24.0 Å². The molecule has 1 aromatic carbocycles. The molecule has 0 heterocycles. The number of rotatable bonds is 8. The lowest BCUT2D eigenvalue weighted by molar-refractivity contribution is -0.127. The SMILES string of the molecule is CCCCNC(=NCC(=O)N(C)C)N(C)Cc1ccccc1OC.I. The minimum atomic E-state index is -0.0181. The normalized spacial score (nSPS) is 10.7. The maximum atomic E-state index is 11.8. The summed E-state index contributed by atoms with van der Waals surface area (Å²) >= 11 is 0. The minimum absolute atomic E-state index is 0. The van der Waals surface area contributed by atoms with E-state index in [-0.39, 0.29) is 36.4 Å². The molecule has 0 fully saturated rings. The van der Waals surface area contributed by atoms with Crippen LogP contribution in [0, 0.1) is 0 Å². The summed E-state index contributed by atoms with van der Waals surface area (Å²) in [6.45, 7) is 3.77. The number of benzene rings is 1. The number of nitrogens with zero attached hydrogens (tertiary/aromatic N) is 3. The summed E-state index contributed by atoms with van der Waals surface area (Å²) in [6.07, 6.45) is 2.16. The second-order valence-electron chi connectivity index (χ2n) is 5.88. The van der Waals surface area contributed by atoms with Crippen molar-refractivity contribution in [1.29, 1.82) is 0 Å². The Balaban J connectivity index is 0.00000576. The molecule has 0 atom stereocenters. The summed E-state index contributed by atoms with van der Waals surface area (Å²) in [6, 6.07) is 7.92. The molecule has 0 aromatic heterocycles. The van der Waals surface area contributed by atoms with Gasteiger partial charge in [0.25, 0.3) is 0 Å². The molecule has 0 bridgehead atoms. The van der Waals surface area contributed by atoms with Crippen molar-refractivity contribution in [2.75, 3.05) is 41.3 Å². The first-order valence-electron chi connectivity index (χ1n) is 8.31. The number of amides is 1. The summed E-state index contributed by atoms with van der Waals surface area (Å²) in [4.78, 5) is 19.8. The summed E-state index contributed by atoms with van der Waals surface area (Å²) in [5, 5.41) is 3.34. The number of carbonyl (C=O) groups excluding carboxylic acids is 1. The van der Waals surface area contributed by atoms with Crippen LogP contribution < -0.4 is 10.1 Å². The van der Waals surface area contributed by atoms with Gasteiger partial charge in [-0.15, -0.1) is 24.0 Å². The van der Waals surface area contributed by atoms with Crippen LogP contribution in [0.2, 0.25) is 0 Å². The van der Waals surface area contributed by atoms with Crippen LogP contribution in [-0.2, 0) is 11.3 Å². The smallest absolute Gasteiger partial charge is 0.243 e. The van der Waals surface area contributed by atoms with Crippen molar-refractivity contribution in [2.45, 2.75) is 26.3 Å². The minimum Gasteiger partial charge on any atom is -0.496 e. The van der Waals surface area contributed by atoms with E-state index in [2.05, 4.69) is 17.2 Å². The van der Waals surface area contributed by atoms with Crippen LogP contribution in [0.1, 0.15) is 25.3 Å². The third-order valence-electron chi connectivity index (χ3n) is 3.64. The van der Waals surface area contributed by atoms with E-state index in [1.165, 1.54) is 0 Å². The molecule has 0 spiro atoms. The number of likely N-dealkylation sites (N-methyl/N-ethyl adjacent to an activating group) is 1. The van der Waals surface area contributed by atoms with Crippen molar-refractivity contribution >= 4 is 35.8 Å². The van der Waals surface area contributed by atoms with Gasteiger partial charge in [0.05, 0.1) is 7.11 Å². The van der Waals surface area contributed by atoms with Gasteiger partial charge in [0.1, 0.15) is 12.3 Å². The number of para-hydroxylation sites is 1. The fraction of sp³-hybridized carbons (Fsp3) is 0.556. The van der Waals surface area contributed by atoms with Crippen molar-refractivity contribution < 1.29 is 9.53 Å². The summed E-state index contributed by atoms with van der Waals surface area (Å²) in [5.41, 5.74) is 1.08. The maximum Gasteiger partial charge on any atom is 0.243 e. The summed E-state index contributed by atoms with van der Waals surface area (Å²) < 4.78 is 5.41. The lowest BCUT2D eigenvalue weighted by Crippen LogP contribution is -2.40. The predicted octanol–water partition coefficient (Wildman–Crippen LogP) is 2.58. The lowest BCUT2D eigenvalue weighted by Gasteiger charge is -2.23. The number of aliphatic imine (C=N–C) groups is 1. The molecule has 142 valence electrons. The number of hydrogen-bond donors (Lipinski definition) is 1. The third-order valence-corrected chi connectivity index (χ3v) is 3.64. The average molecular weight is 462 g/mol. The van der Waals surface area contributed by atoms with Crippen LogP contribution in [0.5, 0.6) is 5.75 Å². The molecule has 25 heavy (non-hydrogen) atoms. The van der Waals surface area contributed by atoms with E-state index in [4.69, 9.17) is 4.74 Å². The molecule has 0 radical (unpaired) electrons. The van der Waals surface area contributed by atoms with Crippen LogP contribution in [0.3, 0.4) is 0 Å². The highest BCUT2D eigenvalue weighted by Crippen LogP contribution is 2.18. The zero-order chi connectivity index (χ0) is 17.9. The van der Waals surface area contributed by atoms with Crippen LogP contribution in [0.25, 0.3) is 0 Å². The first kappa shape index (κ1) is 23.5. The largest absolute Gasteiger partial charge is 0.496 e. The Labute approximate surface area is 168 Å².